The number of carbonyl (C=O) groups is 1. The predicted octanol–water partition coefficient (Wildman–Crippen LogP) is 2.88. The van der Waals surface area contributed by atoms with Crippen molar-refractivity contribution in [3.63, 3.8) is 0 Å². The fourth-order valence-corrected chi connectivity index (χ4v) is 1.58. The van der Waals surface area contributed by atoms with E-state index in [0.29, 0.717) is 6.54 Å². The molecule has 1 unspecified atom stereocenters. The summed E-state index contributed by atoms with van der Waals surface area (Å²) in [5.41, 5.74) is 0.419. The molecule has 0 heterocycles. The van der Waals surface area contributed by atoms with Crippen molar-refractivity contribution in [2.75, 3.05) is 18.5 Å². The lowest BCUT2D eigenvalue weighted by Gasteiger charge is -2.29. The summed E-state index contributed by atoms with van der Waals surface area (Å²) in [5, 5.41) is 0. The molecule has 16 heavy (non-hydrogen) atoms. The van der Waals surface area contributed by atoms with Crippen molar-refractivity contribution in [2.24, 2.45) is 5.41 Å². The predicted molar refractivity (Wildman–Crippen MR) is 64.1 cm³/mol. The van der Waals surface area contributed by atoms with E-state index in [9.17, 15) is 9.18 Å². The summed E-state index contributed by atoms with van der Waals surface area (Å²) in [6.07, 6.45) is 1.75. The molecule has 1 atom stereocenters. The molecule has 2 nitrogen and oxygen atoms in total. The van der Waals surface area contributed by atoms with E-state index in [0.717, 1.165) is 18.4 Å². The number of benzene rings is 1. The molecule has 0 amide bonds. The number of hydrogen-bond donors (Lipinski definition) is 0. The van der Waals surface area contributed by atoms with Gasteiger partial charge < -0.3 is 9.69 Å². The normalized spacial score (nSPS) is 14.2. The van der Waals surface area contributed by atoms with Crippen LogP contribution in [-0.4, -0.2) is 19.9 Å². The van der Waals surface area contributed by atoms with Crippen LogP contribution in [0.4, 0.5) is 10.1 Å². The molecule has 0 saturated carbocycles. The van der Waals surface area contributed by atoms with Gasteiger partial charge in [0.05, 0.1) is 0 Å². The molecule has 0 aromatic heterocycles. The summed E-state index contributed by atoms with van der Waals surface area (Å²) < 4.78 is 13.0. The molecule has 0 bridgehead atoms. The Morgan fingerprint density at radius 2 is 2.19 bits per heavy atom. The standard InChI is InChI=1S/C13H18FNO/c1-4-13(2,10-16)9-15(3)12-7-5-6-11(14)8-12/h5-8,10H,4,9H2,1-3H3. The molecule has 1 aromatic rings. The van der Waals surface area contributed by atoms with Crippen LogP contribution in [0.3, 0.4) is 0 Å². The van der Waals surface area contributed by atoms with Crippen LogP contribution in [0.1, 0.15) is 20.3 Å². The van der Waals surface area contributed by atoms with Crippen molar-refractivity contribution in [2.45, 2.75) is 20.3 Å². The Bertz CT molecular complexity index is 367. The third kappa shape index (κ3) is 3.05. The maximum atomic E-state index is 13.0. The van der Waals surface area contributed by atoms with Gasteiger partial charge in [-0.3, -0.25) is 0 Å². The average molecular weight is 223 g/mol. The molecule has 3 heteroatoms. The fraction of sp³-hybridized carbons (Fsp3) is 0.462. The van der Waals surface area contributed by atoms with Gasteiger partial charge in [-0.1, -0.05) is 19.9 Å². The fourth-order valence-electron chi connectivity index (χ4n) is 1.58. The Labute approximate surface area is 96.1 Å². The summed E-state index contributed by atoms with van der Waals surface area (Å²) >= 11 is 0. The number of carbonyl (C=O) groups excluding carboxylic acids is 1. The smallest absolute Gasteiger partial charge is 0.127 e. The third-order valence-corrected chi connectivity index (χ3v) is 2.94. The Morgan fingerprint density at radius 3 is 2.69 bits per heavy atom. The van der Waals surface area contributed by atoms with Gasteiger partial charge in [-0.15, -0.1) is 0 Å². The minimum atomic E-state index is -0.374. The van der Waals surface area contributed by atoms with E-state index >= 15 is 0 Å². The van der Waals surface area contributed by atoms with E-state index in [1.807, 2.05) is 31.9 Å². The summed E-state index contributed by atoms with van der Waals surface area (Å²) in [4.78, 5) is 12.9. The number of nitrogens with zero attached hydrogens (tertiary/aromatic N) is 1. The second-order valence-electron chi connectivity index (χ2n) is 4.46. The van der Waals surface area contributed by atoms with Gasteiger partial charge in [0.2, 0.25) is 0 Å². The molecule has 0 aliphatic carbocycles. The summed E-state index contributed by atoms with van der Waals surface area (Å²) in [5.74, 6) is -0.256. The van der Waals surface area contributed by atoms with Crippen LogP contribution < -0.4 is 4.90 Å². The summed E-state index contributed by atoms with van der Waals surface area (Å²) in [6.45, 7) is 4.49. The second kappa shape index (κ2) is 5.10. The lowest BCUT2D eigenvalue weighted by atomic mass is 9.89. The van der Waals surface area contributed by atoms with E-state index < -0.39 is 0 Å². The van der Waals surface area contributed by atoms with Crippen LogP contribution >= 0.6 is 0 Å². The molecular formula is C13H18FNO. The van der Waals surface area contributed by atoms with Gasteiger partial charge in [0.15, 0.2) is 0 Å². The quantitative estimate of drug-likeness (QED) is 0.715. The number of aldehydes is 1. The molecule has 0 aliphatic heterocycles. The lowest BCUT2D eigenvalue weighted by molar-refractivity contribution is -0.115. The molecule has 1 aromatic carbocycles. The third-order valence-electron chi connectivity index (χ3n) is 2.94. The Morgan fingerprint density at radius 1 is 1.50 bits per heavy atom. The first kappa shape index (κ1) is 12.7. The van der Waals surface area contributed by atoms with E-state index in [-0.39, 0.29) is 11.2 Å². The van der Waals surface area contributed by atoms with Crippen molar-refractivity contribution in [1.82, 2.24) is 0 Å². The van der Waals surface area contributed by atoms with Crippen LogP contribution in [0.25, 0.3) is 0 Å². The number of hydrogen-bond acceptors (Lipinski definition) is 2. The zero-order valence-corrected chi connectivity index (χ0v) is 10.0. The van der Waals surface area contributed by atoms with Crippen LogP contribution in [0.15, 0.2) is 24.3 Å². The molecule has 0 saturated heterocycles. The van der Waals surface area contributed by atoms with Gasteiger partial charge in [0.1, 0.15) is 12.1 Å². The van der Waals surface area contributed by atoms with Crippen molar-refractivity contribution in [1.29, 1.82) is 0 Å². The largest absolute Gasteiger partial charge is 0.374 e. The minimum Gasteiger partial charge on any atom is -0.374 e. The van der Waals surface area contributed by atoms with Gasteiger partial charge in [-0.2, -0.15) is 0 Å². The average Bonchev–Trinajstić information content (AvgIpc) is 2.29. The number of halogens is 1. The highest BCUT2D eigenvalue weighted by atomic mass is 19.1. The first-order valence-corrected chi connectivity index (χ1v) is 5.44. The van der Waals surface area contributed by atoms with Crippen LogP contribution in [0.2, 0.25) is 0 Å². The number of rotatable bonds is 5. The lowest BCUT2D eigenvalue weighted by Crippen LogP contribution is -2.34. The van der Waals surface area contributed by atoms with E-state index in [1.165, 1.54) is 12.1 Å². The summed E-state index contributed by atoms with van der Waals surface area (Å²) in [7, 11) is 1.87. The van der Waals surface area contributed by atoms with Crippen molar-refractivity contribution in [3.8, 4) is 0 Å². The second-order valence-corrected chi connectivity index (χ2v) is 4.46. The first-order valence-electron chi connectivity index (χ1n) is 5.44. The molecule has 0 spiro atoms. The highest BCUT2D eigenvalue weighted by Gasteiger charge is 2.23. The maximum absolute atomic E-state index is 13.0. The van der Waals surface area contributed by atoms with Gasteiger partial charge in [-0.25, -0.2) is 4.39 Å². The highest BCUT2D eigenvalue weighted by molar-refractivity contribution is 5.60. The van der Waals surface area contributed by atoms with Gasteiger partial charge in [-0.05, 0) is 24.6 Å². The number of anilines is 1. The van der Waals surface area contributed by atoms with E-state index in [2.05, 4.69) is 0 Å². The van der Waals surface area contributed by atoms with Crippen LogP contribution in [0.5, 0.6) is 0 Å². The molecule has 0 fully saturated rings. The Hall–Kier alpha value is -1.38. The van der Waals surface area contributed by atoms with Gasteiger partial charge in [0, 0.05) is 24.7 Å². The van der Waals surface area contributed by atoms with E-state index in [4.69, 9.17) is 0 Å². The topological polar surface area (TPSA) is 20.3 Å². The van der Waals surface area contributed by atoms with Crippen LogP contribution in [-0.2, 0) is 4.79 Å². The zero-order valence-electron chi connectivity index (χ0n) is 10.0. The molecule has 0 aliphatic rings. The molecule has 0 radical (unpaired) electrons. The van der Waals surface area contributed by atoms with Crippen molar-refractivity contribution < 1.29 is 9.18 Å². The highest BCUT2D eigenvalue weighted by Crippen LogP contribution is 2.23. The first-order chi connectivity index (χ1) is 7.50. The van der Waals surface area contributed by atoms with Gasteiger partial charge >= 0.3 is 0 Å². The Kier molecular flexibility index (Phi) is 4.05. The SMILES string of the molecule is CCC(C)(C=O)CN(C)c1cccc(F)c1. The minimum absolute atomic E-state index is 0.256. The molecular weight excluding hydrogens is 205 g/mol. The molecule has 88 valence electrons. The van der Waals surface area contributed by atoms with Gasteiger partial charge in [0.25, 0.3) is 0 Å². The van der Waals surface area contributed by atoms with Crippen LogP contribution in [0, 0.1) is 11.2 Å². The Balaban J connectivity index is 2.79. The maximum Gasteiger partial charge on any atom is 0.127 e. The zero-order chi connectivity index (χ0) is 12.2. The monoisotopic (exact) mass is 223 g/mol. The molecule has 0 N–H and O–H groups in total. The molecule has 1 rings (SSSR count). The van der Waals surface area contributed by atoms with Crippen molar-refractivity contribution in [3.05, 3.63) is 30.1 Å². The van der Waals surface area contributed by atoms with Crippen molar-refractivity contribution >= 4 is 12.0 Å². The summed E-state index contributed by atoms with van der Waals surface area (Å²) in [6, 6.07) is 6.40. The van der Waals surface area contributed by atoms with E-state index in [1.54, 1.807) is 6.07 Å².